The van der Waals surface area contributed by atoms with E-state index in [1.807, 2.05) is 31.2 Å². The molecule has 0 aliphatic carbocycles. The van der Waals surface area contributed by atoms with Crippen LogP contribution in [0.5, 0.6) is 5.75 Å². The van der Waals surface area contributed by atoms with Gasteiger partial charge in [0.1, 0.15) is 5.75 Å². The van der Waals surface area contributed by atoms with Gasteiger partial charge in [-0.15, -0.1) is 0 Å². The van der Waals surface area contributed by atoms with Crippen molar-refractivity contribution in [1.82, 2.24) is 10.2 Å². The molecule has 7 heteroatoms. The van der Waals surface area contributed by atoms with Gasteiger partial charge in [0, 0.05) is 38.6 Å². The van der Waals surface area contributed by atoms with Crippen molar-refractivity contribution in [3.8, 4) is 5.75 Å². The number of anilines is 1. The summed E-state index contributed by atoms with van der Waals surface area (Å²) in [5.74, 6) is 0.522. The first kappa shape index (κ1) is 17.7. The van der Waals surface area contributed by atoms with E-state index in [1.165, 1.54) is 0 Å². The van der Waals surface area contributed by atoms with Gasteiger partial charge in [-0.25, -0.2) is 0 Å². The molecule has 3 rings (SSSR count). The number of nitrogens with zero attached hydrogens (tertiary/aromatic N) is 2. The fraction of sp³-hybridized carbons (Fsp3) is 0.556. The van der Waals surface area contributed by atoms with Gasteiger partial charge in [-0.05, 0) is 19.1 Å². The molecule has 1 aromatic rings. The Morgan fingerprint density at radius 3 is 2.84 bits per heavy atom. The number of nitrogens with one attached hydrogen (secondary N) is 1. The van der Waals surface area contributed by atoms with E-state index in [1.54, 1.807) is 4.90 Å². The topological polar surface area (TPSA) is 71.1 Å². The SMILES string of the molecule is C[C@@H](CN1CCOCC1)NC(=O)CCN1C(=O)COc2ccccc21. The molecule has 25 heavy (non-hydrogen) atoms. The molecule has 1 atom stereocenters. The number of fused-ring (bicyclic) bond motifs is 1. The summed E-state index contributed by atoms with van der Waals surface area (Å²) in [4.78, 5) is 28.3. The largest absolute Gasteiger partial charge is 0.482 e. The summed E-state index contributed by atoms with van der Waals surface area (Å²) in [6.45, 7) is 6.50. The molecule has 1 fully saturated rings. The maximum atomic E-state index is 12.2. The molecule has 2 heterocycles. The van der Waals surface area contributed by atoms with Gasteiger partial charge in [-0.2, -0.15) is 0 Å². The van der Waals surface area contributed by atoms with Gasteiger partial charge in [0.2, 0.25) is 5.91 Å². The number of morpholine rings is 1. The first-order valence-corrected chi connectivity index (χ1v) is 8.75. The van der Waals surface area contributed by atoms with Crippen molar-refractivity contribution in [2.45, 2.75) is 19.4 Å². The minimum Gasteiger partial charge on any atom is -0.482 e. The van der Waals surface area contributed by atoms with Crippen LogP contribution in [-0.2, 0) is 14.3 Å². The van der Waals surface area contributed by atoms with Crippen molar-refractivity contribution in [3.05, 3.63) is 24.3 Å². The molecule has 7 nitrogen and oxygen atoms in total. The van der Waals surface area contributed by atoms with Crippen LogP contribution in [0.3, 0.4) is 0 Å². The highest BCUT2D eigenvalue weighted by Gasteiger charge is 2.25. The molecule has 1 N–H and O–H groups in total. The Morgan fingerprint density at radius 2 is 2.04 bits per heavy atom. The highest BCUT2D eigenvalue weighted by atomic mass is 16.5. The average molecular weight is 347 g/mol. The van der Waals surface area contributed by atoms with E-state index in [0.717, 1.165) is 38.5 Å². The molecular weight excluding hydrogens is 322 g/mol. The minimum atomic E-state index is -0.118. The van der Waals surface area contributed by atoms with E-state index in [2.05, 4.69) is 10.2 Å². The Morgan fingerprint density at radius 1 is 1.28 bits per heavy atom. The third-order valence-electron chi connectivity index (χ3n) is 4.41. The van der Waals surface area contributed by atoms with Crippen molar-refractivity contribution in [3.63, 3.8) is 0 Å². The highest BCUT2D eigenvalue weighted by molar-refractivity contribution is 5.98. The number of rotatable bonds is 6. The monoisotopic (exact) mass is 347 g/mol. The maximum Gasteiger partial charge on any atom is 0.265 e. The molecule has 2 aliphatic rings. The molecular formula is C18H25N3O4. The van der Waals surface area contributed by atoms with Crippen LogP contribution in [0.1, 0.15) is 13.3 Å². The van der Waals surface area contributed by atoms with Crippen molar-refractivity contribution >= 4 is 17.5 Å². The molecule has 0 saturated carbocycles. The zero-order chi connectivity index (χ0) is 17.6. The Hall–Kier alpha value is -2.12. The number of hydrogen-bond acceptors (Lipinski definition) is 5. The predicted octanol–water partition coefficient (Wildman–Crippen LogP) is 0.639. The first-order chi connectivity index (χ1) is 12.1. The standard InChI is InChI=1S/C18H25N3O4/c1-14(12-20-8-10-24-11-9-20)19-17(22)6-7-21-15-4-2-3-5-16(15)25-13-18(21)23/h2-5,14H,6-13H2,1H3,(H,19,22)/t14-/m0/s1. The van der Waals surface area contributed by atoms with Crippen LogP contribution in [0.4, 0.5) is 5.69 Å². The lowest BCUT2D eigenvalue weighted by Crippen LogP contribution is -2.47. The van der Waals surface area contributed by atoms with Crippen molar-refractivity contribution in [2.75, 3.05) is 50.9 Å². The highest BCUT2D eigenvalue weighted by Crippen LogP contribution is 2.31. The summed E-state index contributed by atoms with van der Waals surface area (Å²) < 4.78 is 10.7. The molecule has 0 unspecified atom stereocenters. The normalized spacial score (nSPS) is 19.1. The van der Waals surface area contributed by atoms with Crippen LogP contribution in [0.2, 0.25) is 0 Å². The van der Waals surface area contributed by atoms with Crippen LogP contribution >= 0.6 is 0 Å². The van der Waals surface area contributed by atoms with Crippen molar-refractivity contribution in [2.24, 2.45) is 0 Å². The van der Waals surface area contributed by atoms with E-state index in [9.17, 15) is 9.59 Å². The van der Waals surface area contributed by atoms with Crippen molar-refractivity contribution in [1.29, 1.82) is 0 Å². The van der Waals surface area contributed by atoms with E-state index in [-0.39, 0.29) is 30.9 Å². The quantitative estimate of drug-likeness (QED) is 0.818. The van der Waals surface area contributed by atoms with E-state index in [4.69, 9.17) is 9.47 Å². The molecule has 136 valence electrons. The number of para-hydroxylation sites is 2. The summed E-state index contributed by atoms with van der Waals surface area (Å²) in [7, 11) is 0. The van der Waals surface area contributed by atoms with E-state index < -0.39 is 0 Å². The van der Waals surface area contributed by atoms with Gasteiger partial charge in [-0.3, -0.25) is 14.5 Å². The Kier molecular flexibility index (Phi) is 5.88. The molecule has 0 spiro atoms. The summed E-state index contributed by atoms with van der Waals surface area (Å²) in [6.07, 6.45) is 0.271. The molecule has 0 aromatic heterocycles. The van der Waals surface area contributed by atoms with E-state index >= 15 is 0 Å². The second-order valence-corrected chi connectivity index (χ2v) is 6.43. The van der Waals surface area contributed by atoms with Crippen LogP contribution in [0, 0.1) is 0 Å². The van der Waals surface area contributed by atoms with Gasteiger partial charge >= 0.3 is 0 Å². The number of benzene rings is 1. The molecule has 1 saturated heterocycles. The van der Waals surface area contributed by atoms with Crippen LogP contribution in [0.25, 0.3) is 0 Å². The lowest BCUT2D eigenvalue weighted by atomic mass is 10.2. The van der Waals surface area contributed by atoms with Crippen LogP contribution in [-0.4, -0.2) is 68.8 Å². The molecule has 0 bridgehead atoms. The number of hydrogen-bond donors (Lipinski definition) is 1. The van der Waals surface area contributed by atoms with Crippen molar-refractivity contribution < 1.29 is 19.1 Å². The summed E-state index contributed by atoms with van der Waals surface area (Å²) >= 11 is 0. The van der Waals surface area contributed by atoms with Gasteiger partial charge in [0.25, 0.3) is 5.91 Å². The van der Waals surface area contributed by atoms with Gasteiger partial charge in [0.15, 0.2) is 6.61 Å². The molecule has 2 amide bonds. The average Bonchev–Trinajstić information content (AvgIpc) is 2.61. The van der Waals surface area contributed by atoms with Gasteiger partial charge in [-0.1, -0.05) is 12.1 Å². The molecule has 0 radical (unpaired) electrons. The first-order valence-electron chi connectivity index (χ1n) is 8.75. The molecule has 2 aliphatic heterocycles. The smallest absolute Gasteiger partial charge is 0.265 e. The number of carbonyl (C=O) groups excluding carboxylic acids is 2. The Bertz CT molecular complexity index is 616. The zero-order valence-electron chi connectivity index (χ0n) is 14.6. The summed E-state index contributed by atoms with van der Waals surface area (Å²) in [6, 6.07) is 7.47. The number of carbonyl (C=O) groups is 2. The van der Waals surface area contributed by atoms with Gasteiger partial charge in [0.05, 0.1) is 18.9 Å². The van der Waals surface area contributed by atoms with Gasteiger partial charge < -0.3 is 19.7 Å². The lowest BCUT2D eigenvalue weighted by molar-refractivity contribution is -0.122. The Balaban J connectivity index is 1.48. The Labute approximate surface area is 147 Å². The summed E-state index contributed by atoms with van der Waals surface area (Å²) in [5, 5.41) is 3.01. The number of ether oxygens (including phenoxy) is 2. The zero-order valence-corrected chi connectivity index (χ0v) is 14.6. The maximum absolute atomic E-state index is 12.2. The third kappa shape index (κ3) is 4.70. The molecule has 1 aromatic carbocycles. The van der Waals surface area contributed by atoms with Crippen LogP contribution < -0.4 is 15.0 Å². The fourth-order valence-corrected chi connectivity index (χ4v) is 3.18. The second-order valence-electron chi connectivity index (χ2n) is 6.43. The van der Waals surface area contributed by atoms with E-state index in [0.29, 0.717) is 12.3 Å². The minimum absolute atomic E-state index is 0.0199. The second kappa shape index (κ2) is 8.31. The lowest BCUT2D eigenvalue weighted by Gasteiger charge is -2.30. The summed E-state index contributed by atoms with van der Waals surface area (Å²) in [5.41, 5.74) is 0.730. The third-order valence-corrected chi connectivity index (χ3v) is 4.41. The fourth-order valence-electron chi connectivity index (χ4n) is 3.18. The predicted molar refractivity (Wildman–Crippen MR) is 93.8 cm³/mol. The number of amides is 2. The van der Waals surface area contributed by atoms with Crippen LogP contribution in [0.15, 0.2) is 24.3 Å².